The molecule has 0 saturated carbocycles. The molecular formula is C11H10ClNO2. The van der Waals surface area contributed by atoms with E-state index in [2.05, 4.69) is 0 Å². The molecule has 1 aromatic rings. The molecule has 4 heteroatoms. The zero-order valence-corrected chi connectivity index (χ0v) is 9.26. The molecule has 78 valence electrons. The van der Waals surface area contributed by atoms with Gasteiger partial charge in [-0.25, -0.2) is 4.79 Å². The van der Waals surface area contributed by atoms with E-state index in [1.807, 2.05) is 6.07 Å². The van der Waals surface area contributed by atoms with Gasteiger partial charge < -0.3 is 4.74 Å². The van der Waals surface area contributed by atoms with Crippen LogP contribution in [-0.4, -0.2) is 12.6 Å². The van der Waals surface area contributed by atoms with Gasteiger partial charge in [0.2, 0.25) is 0 Å². The fourth-order valence-electron chi connectivity index (χ4n) is 1.16. The minimum Gasteiger partial charge on any atom is -0.462 e. The maximum absolute atomic E-state index is 11.4. The number of benzene rings is 1. The summed E-state index contributed by atoms with van der Waals surface area (Å²) < 4.78 is 4.82. The molecule has 0 aliphatic rings. The number of carbonyl (C=O) groups excluding carboxylic acids is 1. The van der Waals surface area contributed by atoms with Crippen molar-refractivity contribution < 1.29 is 9.53 Å². The molecular weight excluding hydrogens is 214 g/mol. The van der Waals surface area contributed by atoms with Gasteiger partial charge in [0.05, 0.1) is 28.8 Å². The molecule has 3 nitrogen and oxygen atoms in total. The van der Waals surface area contributed by atoms with E-state index in [1.165, 1.54) is 6.07 Å². The monoisotopic (exact) mass is 223 g/mol. The Kier molecular flexibility index (Phi) is 3.70. The highest BCUT2D eigenvalue weighted by atomic mass is 35.5. The van der Waals surface area contributed by atoms with E-state index in [-0.39, 0.29) is 12.2 Å². The van der Waals surface area contributed by atoms with Crippen LogP contribution in [-0.2, 0) is 4.74 Å². The smallest absolute Gasteiger partial charge is 0.339 e. The zero-order chi connectivity index (χ0) is 11.4. The van der Waals surface area contributed by atoms with E-state index in [0.717, 1.165) is 5.56 Å². The van der Waals surface area contributed by atoms with Crippen LogP contribution in [0.2, 0.25) is 5.02 Å². The Bertz CT molecular complexity index is 435. The number of carbonyl (C=O) groups is 1. The summed E-state index contributed by atoms with van der Waals surface area (Å²) >= 11 is 5.88. The van der Waals surface area contributed by atoms with Crippen molar-refractivity contribution in [1.29, 1.82) is 5.26 Å². The van der Waals surface area contributed by atoms with Crippen molar-refractivity contribution in [2.45, 2.75) is 13.8 Å². The standard InChI is InChI=1S/C11H10ClNO2/c1-3-15-11(14)9-5-8(6-13)7(2)4-10(9)12/h4-5H,3H2,1-2H3. The average Bonchev–Trinajstić information content (AvgIpc) is 2.18. The number of aryl methyl sites for hydroxylation is 1. The Morgan fingerprint density at radius 1 is 1.60 bits per heavy atom. The quantitative estimate of drug-likeness (QED) is 0.725. The van der Waals surface area contributed by atoms with Crippen LogP contribution < -0.4 is 0 Å². The minimum atomic E-state index is -0.501. The van der Waals surface area contributed by atoms with Crippen LogP contribution in [0.1, 0.15) is 28.4 Å². The van der Waals surface area contributed by atoms with Crippen molar-refractivity contribution in [2.75, 3.05) is 6.61 Å². The first-order chi connectivity index (χ1) is 7.10. The molecule has 0 aliphatic carbocycles. The van der Waals surface area contributed by atoms with Crippen LogP contribution in [0.5, 0.6) is 0 Å². The number of esters is 1. The lowest BCUT2D eigenvalue weighted by atomic mass is 10.1. The van der Waals surface area contributed by atoms with Crippen molar-refractivity contribution in [3.63, 3.8) is 0 Å². The van der Waals surface area contributed by atoms with Crippen LogP contribution in [0, 0.1) is 18.3 Å². The van der Waals surface area contributed by atoms with E-state index in [4.69, 9.17) is 21.6 Å². The number of hydrogen-bond acceptors (Lipinski definition) is 3. The summed E-state index contributed by atoms with van der Waals surface area (Å²) in [7, 11) is 0. The van der Waals surface area contributed by atoms with Gasteiger partial charge in [0.25, 0.3) is 0 Å². The van der Waals surface area contributed by atoms with Gasteiger partial charge in [-0.2, -0.15) is 5.26 Å². The average molecular weight is 224 g/mol. The molecule has 0 spiro atoms. The van der Waals surface area contributed by atoms with E-state index in [0.29, 0.717) is 10.6 Å². The van der Waals surface area contributed by atoms with Crippen molar-refractivity contribution in [1.82, 2.24) is 0 Å². The molecule has 0 bridgehead atoms. The Hall–Kier alpha value is -1.53. The van der Waals surface area contributed by atoms with Crippen molar-refractivity contribution in [3.8, 4) is 6.07 Å². The molecule has 15 heavy (non-hydrogen) atoms. The molecule has 0 unspecified atom stereocenters. The molecule has 0 aromatic heterocycles. The van der Waals surface area contributed by atoms with Crippen molar-refractivity contribution in [3.05, 3.63) is 33.8 Å². The first kappa shape index (κ1) is 11.5. The predicted molar refractivity (Wildman–Crippen MR) is 56.9 cm³/mol. The summed E-state index contributed by atoms with van der Waals surface area (Å²) in [5.74, 6) is -0.501. The van der Waals surface area contributed by atoms with Gasteiger partial charge in [0, 0.05) is 0 Å². The van der Waals surface area contributed by atoms with Crippen LogP contribution >= 0.6 is 11.6 Å². The molecule has 0 amide bonds. The lowest BCUT2D eigenvalue weighted by Crippen LogP contribution is -2.06. The molecule has 0 atom stereocenters. The van der Waals surface area contributed by atoms with E-state index in [1.54, 1.807) is 19.9 Å². The Morgan fingerprint density at radius 3 is 2.80 bits per heavy atom. The second kappa shape index (κ2) is 4.81. The first-order valence-electron chi connectivity index (χ1n) is 4.47. The summed E-state index contributed by atoms with van der Waals surface area (Å²) in [4.78, 5) is 11.4. The maximum Gasteiger partial charge on any atom is 0.339 e. The Labute approximate surface area is 93.2 Å². The van der Waals surface area contributed by atoms with Crippen LogP contribution in [0.15, 0.2) is 12.1 Å². The number of halogens is 1. The Balaban J connectivity index is 3.20. The minimum absolute atomic E-state index is 0.237. The van der Waals surface area contributed by atoms with E-state index < -0.39 is 5.97 Å². The second-order valence-electron chi connectivity index (χ2n) is 2.98. The third-order valence-electron chi connectivity index (χ3n) is 1.93. The summed E-state index contributed by atoms with van der Waals surface area (Å²) in [6.07, 6.45) is 0. The number of hydrogen-bond donors (Lipinski definition) is 0. The van der Waals surface area contributed by atoms with Gasteiger partial charge in [-0.1, -0.05) is 11.6 Å². The summed E-state index contributed by atoms with van der Waals surface area (Å²) in [5, 5.41) is 9.11. The van der Waals surface area contributed by atoms with Gasteiger partial charge in [-0.3, -0.25) is 0 Å². The van der Waals surface area contributed by atoms with Crippen LogP contribution in [0.25, 0.3) is 0 Å². The fraction of sp³-hybridized carbons (Fsp3) is 0.273. The maximum atomic E-state index is 11.4. The third kappa shape index (κ3) is 2.48. The highest BCUT2D eigenvalue weighted by molar-refractivity contribution is 6.33. The largest absolute Gasteiger partial charge is 0.462 e. The van der Waals surface area contributed by atoms with E-state index >= 15 is 0 Å². The zero-order valence-electron chi connectivity index (χ0n) is 8.50. The number of nitriles is 1. The van der Waals surface area contributed by atoms with Gasteiger partial charge in [-0.15, -0.1) is 0 Å². The number of ether oxygens (including phenoxy) is 1. The normalized spacial score (nSPS) is 9.47. The molecule has 0 fully saturated rings. The summed E-state index contributed by atoms with van der Waals surface area (Å²) in [6, 6.07) is 5.04. The van der Waals surface area contributed by atoms with Gasteiger partial charge in [0.15, 0.2) is 0 Å². The molecule has 0 heterocycles. The number of nitrogens with zero attached hydrogens (tertiary/aromatic N) is 1. The molecule has 0 saturated heterocycles. The predicted octanol–water partition coefficient (Wildman–Crippen LogP) is 2.70. The van der Waals surface area contributed by atoms with Crippen molar-refractivity contribution >= 4 is 17.6 Å². The molecule has 1 rings (SSSR count). The Morgan fingerprint density at radius 2 is 2.27 bits per heavy atom. The molecule has 1 aromatic carbocycles. The van der Waals surface area contributed by atoms with Gasteiger partial charge in [0.1, 0.15) is 0 Å². The lowest BCUT2D eigenvalue weighted by Gasteiger charge is -2.06. The second-order valence-corrected chi connectivity index (χ2v) is 3.39. The topological polar surface area (TPSA) is 50.1 Å². The highest BCUT2D eigenvalue weighted by Crippen LogP contribution is 2.21. The molecule has 0 N–H and O–H groups in total. The third-order valence-corrected chi connectivity index (χ3v) is 2.24. The highest BCUT2D eigenvalue weighted by Gasteiger charge is 2.13. The van der Waals surface area contributed by atoms with Crippen LogP contribution in [0.4, 0.5) is 0 Å². The fourth-order valence-corrected chi connectivity index (χ4v) is 1.45. The number of rotatable bonds is 2. The molecule has 0 radical (unpaired) electrons. The first-order valence-corrected chi connectivity index (χ1v) is 4.85. The SMILES string of the molecule is CCOC(=O)c1cc(C#N)c(C)cc1Cl. The van der Waals surface area contributed by atoms with E-state index in [9.17, 15) is 4.79 Å². The molecule has 0 aliphatic heterocycles. The van der Waals surface area contributed by atoms with Crippen LogP contribution in [0.3, 0.4) is 0 Å². The lowest BCUT2D eigenvalue weighted by molar-refractivity contribution is 0.0526. The van der Waals surface area contributed by atoms with Crippen molar-refractivity contribution in [2.24, 2.45) is 0 Å². The van der Waals surface area contributed by atoms with Gasteiger partial charge >= 0.3 is 5.97 Å². The van der Waals surface area contributed by atoms with Gasteiger partial charge in [-0.05, 0) is 31.5 Å². The summed E-state index contributed by atoms with van der Waals surface area (Å²) in [5.41, 5.74) is 1.42. The summed E-state index contributed by atoms with van der Waals surface area (Å²) in [6.45, 7) is 3.76.